The molecule has 0 saturated heterocycles. The molecule has 0 spiro atoms. The van der Waals surface area contributed by atoms with Crippen molar-refractivity contribution >= 4 is 5.97 Å². The lowest BCUT2D eigenvalue weighted by Gasteiger charge is -2.13. The van der Waals surface area contributed by atoms with E-state index in [1.165, 1.54) is 0 Å². The maximum Gasteiger partial charge on any atom is 0.332 e. The van der Waals surface area contributed by atoms with Crippen LogP contribution in [0.5, 0.6) is 0 Å². The number of aliphatic carboxylic acids is 1. The second-order valence-corrected chi connectivity index (χ2v) is 4.02. The summed E-state index contributed by atoms with van der Waals surface area (Å²) in [5.41, 5.74) is 0. The van der Waals surface area contributed by atoms with Crippen molar-refractivity contribution in [3.8, 4) is 0 Å². The van der Waals surface area contributed by atoms with Crippen LogP contribution in [0, 0.1) is 5.92 Å². The lowest BCUT2D eigenvalue weighted by Crippen LogP contribution is -2.24. The van der Waals surface area contributed by atoms with Crippen LogP contribution < -0.4 is 0 Å². The number of carboxylic acids is 1. The molecule has 0 aliphatic heterocycles. The van der Waals surface area contributed by atoms with E-state index in [-0.39, 0.29) is 0 Å². The molecule has 0 fully saturated rings. The first kappa shape index (κ1) is 13.4. The summed E-state index contributed by atoms with van der Waals surface area (Å²) in [6.45, 7) is 6.81. The van der Waals surface area contributed by atoms with Crippen LogP contribution >= 0.6 is 0 Å². The van der Waals surface area contributed by atoms with Gasteiger partial charge in [0.25, 0.3) is 0 Å². The standard InChI is InChI=1S/C11H22O3/c1-4-5-6-10(11(12)13)14-8-7-9(2)3/h9-10H,4-8H2,1-3H3,(H,12,13). The van der Waals surface area contributed by atoms with Crippen molar-refractivity contribution in [1.82, 2.24) is 0 Å². The van der Waals surface area contributed by atoms with Gasteiger partial charge < -0.3 is 9.84 Å². The second-order valence-electron chi connectivity index (χ2n) is 4.02. The highest BCUT2D eigenvalue weighted by molar-refractivity contribution is 5.72. The van der Waals surface area contributed by atoms with E-state index >= 15 is 0 Å². The molecule has 0 aromatic carbocycles. The fraction of sp³-hybridized carbons (Fsp3) is 0.909. The molecule has 0 aliphatic carbocycles. The molecule has 0 saturated carbocycles. The molecule has 0 heterocycles. The number of carboxylic acid groups (broad SMARTS) is 1. The minimum atomic E-state index is -0.831. The topological polar surface area (TPSA) is 46.5 Å². The van der Waals surface area contributed by atoms with Crippen LogP contribution in [-0.2, 0) is 9.53 Å². The molecule has 0 aromatic rings. The molecule has 14 heavy (non-hydrogen) atoms. The lowest BCUT2D eigenvalue weighted by molar-refractivity contribution is -0.151. The Hall–Kier alpha value is -0.570. The summed E-state index contributed by atoms with van der Waals surface area (Å²) in [7, 11) is 0. The zero-order valence-corrected chi connectivity index (χ0v) is 9.45. The van der Waals surface area contributed by atoms with Gasteiger partial charge in [0.2, 0.25) is 0 Å². The quantitative estimate of drug-likeness (QED) is 0.658. The minimum absolute atomic E-state index is 0.554. The maximum atomic E-state index is 10.8. The zero-order chi connectivity index (χ0) is 11.0. The van der Waals surface area contributed by atoms with E-state index in [0.717, 1.165) is 19.3 Å². The van der Waals surface area contributed by atoms with Crippen LogP contribution in [0.2, 0.25) is 0 Å². The summed E-state index contributed by atoms with van der Waals surface area (Å²) in [5.74, 6) is -0.266. The van der Waals surface area contributed by atoms with E-state index in [0.29, 0.717) is 18.9 Å². The maximum absolute atomic E-state index is 10.8. The number of ether oxygens (including phenoxy) is 1. The molecule has 0 radical (unpaired) electrons. The molecule has 3 heteroatoms. The number of carbonyl (C=O) groups is 1. The zero-order valence-electron chi connectivity index (χ0n) is 9.45. The SMILES string of the molecule is CCCCC(OCCC(C)C)C(=O)O. The minimum Gasteiger partial charge on any atom is -0.479 e. The van der Waals surface area contributed by atoms with Gasteiger partial charge in [0.1, 0.15) is 0 Å². The molecule has 0 bridgehead atoms. The van der Waals surface area contributed by atoms with Crippen molar-refractivity contribution in [2.75, 3.05) is 6.61 Å². The van der Waals surface area contributed by atoms with E-state index in [4.69, 9.17) is 9.84 Å². The Morgan fingerprint density at radius 2 is 2.00 bits per heavy atom. The van der Waals surface area contributed by atoms with Gasteiger partial charge in [0.05, 0.1) is 0 Å². The summed E-state index contributed by atoms with van der Waals surface area (Å²) < 4.78 is 5.32. The van der Waals surface area contributed by atoms with E-state index in [1.807, 2.05) is 6.92 Å². The third-order valence-corrected chi connectivity index (χ3v) is 2.11. The van der Waals surface area contributed by atoms with Crippen molar-refractivity contribution < 1.29 is 14.6 Å². The first-order chi connectivity index (χ1) is 6.57. The Kier molecular flexibility index (Phi) is 7.48. The van der Waals surface area contributed by atoms with Gasteiger partial charge in [0.15, 0.2) is 6.10 Å². The molecular weight excluding hydrogens is 180 g/mol. The van der Waals surface area contributed by atoms with Gasteiger partial charge in [-0.15, -0.1) is 0 Å². The molecule has 0 aromatic heterocycles. The fourth-order valence-corrected chi connectivity index (χ4v) is 1.11. The lowest BCUT2D eigenvalue weighted by atomic mass is 10.1. The number of hydrogen-bond donors (Lipinski definition) is 1. The highest BCUT2D eigenvalue weighted by Crippen LogP contribution is 2.07. The van der Waals surface area contributed by atoms with Crippen molar-refractivity contribution in [3.05, 3.63) is 0 Å². The van der Waals surface area contributed by atoms with Gasteiger partial charge >= 0.3 is 5.97 Å². The molecule has 0 amide bonds. The van der Waals surface area contributed by atoms with Gasteiger partial charge in [-0.05, 0) is 18.8 Å². The summed E-state index contributed by atoms with van der Waals surface area (Å²) in [6.07, 6.45) is 2.88. The Morgan fingerprint density at radius 1 is 1.36 bits per heavy atom. The number of unbranched alkanes of at least 4 members (excludes halogenated alkanes) is 1. The van der Waals surface area contributed by atoms with E-state index in [2.05, 4.69) is 13.8 Å². The molecule has 84 valence electrons. The highest BCUT2D eigenvalue weighted by Gasteiger charge is 2.16. The van der Waals surface area contributed by atoms with Crippen molar-refractivity contribution in [2.24, 2.45) is 5.92 Å². The van der Waals surface area contributed by atoms with Crippen LogP contribution in [0.25, 0.3) is 0 Å². The molecule has 1 unspecified atom stereocenters. The van der Waals surface area contributed by atoms with Gasteiger partial charge in [-0.1, -0.05) is 33.6 Å². The third kappa shape index (κ3) is 6.89. The predicted octanol–water partition coefficient (Wildman–Crippen LogP) is 2.69. The first-order valence-corrected chi connectivity index (χ1v) is 5.42. The summed E-state index contributed by atoms with van der Waals surface area (Å²) >= 11 is 0. The van der Waals surface area contributed by atoms with Crippen molar-refractivity contribution in [1.29, 1.82) is 0 Å². The molecule has 1 N–H and O–H groups in total. The smallest absolute Gasteiger partial charge is 0.332 e. The summed E-state index contributed by atoms with van der Waals surface area (Å²) in [6, 6.07) is 0. The average molecular weight is 202 g/mol. The Labute approximate surface area is 86.5 Å². The van der Waals surface area contributed by atoms with Crippen LogP contribution in [-0.4, -0.2) is 23.8 Å². The average Bonchev–Trinajstić information content (AvgIpc) is 2.09. The summed E-state index contributed by atoms with van der Waals surface area (Å²) in [4.78, 5) is 10.8. The molecule has 0 rings (SSSR count). The molecular formula is C11H22O3. The van der Waals surface area contributed by atoms with Gasteiger partial charge in [-0.3, -0.25) is 0 Å². The summed E-state index contributed by atoms with van der Waals surface area (Å²) in [5, 5.41) is 8.84. The molecule has 3 nitrogen and oxygen atoms in total. The van der Waals surface area contributed by atoms with E-state index in [9.17, 15) is 4.79 Å². The first-order valence-electron chi connectivity index (χ1n) is 5.42. The van der Waals surface area contributed by atoms with Crippen LogP contribution in [0.4, 0.5) is 0 Å². The van der Waals surface area contributed by atoms with E-state index < -0.39 is 12.1 Å². The number of hydrogen-bond acceptors (Lipinski definition) is 2. The van der Waals surface area contributed by atoms with Crippen molar-refractivity contribution in [3.63, 3.8) is 0 Å². The highest BCUT2D eigenvalue weighted by atomic mass is 16.5. The van der Waals surface area contributed by atoms with Crippen LogP contribution in [0.1, 0.15) is 46.5 Å². The third-order valence-electron chi connectivity index (χ3n) is 2.11. The predicted molar refractivity (Wildman–Crippen MR) is 56.4 cm³/mol. The fourth-order valence-electron chi connectivity index (χ4n) is 1.11. The Morgan fingerprint density at radius 3 is 2.43 bits per heavy atom. The van der Waals surface area contributed by atoms with Crippen LogP contribution in [0.15, 0.2) is 0 Å². The van der Waals surface area contributed by atoms with Crippen molar-refractivity contribution in [2.45, 2.75) is 52.6 Å². The second kappa shape index (κ2) is 7.80. The van der Waals surface area contributed by atoms with Crippen LogP contribution in [0.3, 0.4) is 0 Å². The Balaban J connectivity index is 3.68. The van der Waals surface area contributed by atoms with Gasteiger partial charge in [-0.2, -0.15) is 0 Å². The van der Waals surface area contributed by atoms with Gasteiger partial charge in [0, 0.05) is 6.61 Å². The Bertz CT molecular complexity index is 155. The monoisotopic (exact) mass is 202 g/mol. The largest absolute Gasteiger partial charge is 0.479 e. The van der Waals surface area contributed by atoms with Gasteiger partial charge in [-0.25, -0.2) is 4.79 Å². The van der Waals surface area contributed by atoms with E-state index in [1.54, 1.807) is 0 Å². The molecule has 1 atom stereocenters. The number of rotatable bonds is 8. The molecule has 0 aliphatic rings. The normalized spacial score (nSPS) is 13.1.